The first-order valence-electron chi connectivity index (χ1n) is 7.14. The number of hydrogen-bond acceptors (Lipinski definition) is 3. The van der Waals surface area contributed by atoms with E-state index >= 15 is 0 Å². The van der Waals surface area contributed by atoms with Crippen LogP contribution in [0.4, 0.5) is 5.69 Å². The molecule has 2 amide bonds. The first kappa shape index (κ1) is 15.2. The Balaban J connectivity index is 1.89. The predicted molar refractivity (Wildman–Crippen MR) is 79.9 cm³/mol. The van der Waals surface area contributed by atoms with Gasteiger partial charge in [-0.2, -0.15) is 0 Å². The smallest absolute Gasteiger partial charge is 0.227 e. The van der Waals surface area contributed by atoms with Crippen molar-refractivity contribution in [1.29, 1.82) is 0 Å². The number of rotatable bonds is 6. The summed E-state index contributed by atoms with van der Waals surface area (Å²) in [5, 5.41) is 2.81. The van der Waals surface area contributed by atoms with Gasteiger partial charge in [-0.1, -0.05) is 19.9 Å². The largest absolute Gasteiger partial charge is 0.369 e. The highest BCUT2D eigenvalue weighted by molar-refractivity contribution is 6.07. The third-order valence-electron chi connectivity index (χ3n) is 3.99. The fraction of sp³-hybridized carbons (Fsp3) is 0.438. The quantitative estimate of drug-likeness (QED) is 0.837. The number of Topliss-reactive ketones (excluding diaryl/α,β-unsaturated/α-hetero) is 1. The van der Waals surface area contributed by atoms with Gasteiger partial charge in [0, 0.05) is 29.5 Å². The summed E-state index contributed by atoms with van der Waals surface area (Å²) >= 11 is 0. The van der Waals surface area contributed by atoms with Gasteiger partial charge in [-0.25, -0.2) is 0 Å². The Morgan fingerprint density at radius 1 is 1.24 bits per heavy atom. The molecule has 0 saturated heterocycles. The van der Waals surface area contributed by atoms with Crippen molar-refractivity contribution < 1.29 is 14.4 Å². The maximum Gasteiger partial charge on any atom is 0.227 e. The van der Waals surface area contributed by atoms with Crippen molar-refractivity contribution in [2.45, 2.75) is 33.1 Å². The predicted octanol–water partition coefficient (Wildman–Crippen LogP) is 1.90. The Kier molecular flexibility index (Phi) is 4.40. The molecule has 5 nitrogen and oxygen atoms in total. The van der Waals surface area contributed by atoms with Crippen molar-refractivity contribution >= 4 is 23.3 Å². The van der Waals surface area contributed by atoms with E-state index in [9.17, 15) is 14.4 Å². The van der Waals surface area contributed by atoms with Crippen LogP contribution in [-0.2, 0) is 16.0 Å². The fourth-order valence-electron chi connectivity index (χ4n) is 2.27. The number of anilines is 1. The maximum absolute atomic E-state index is 12.1. The van der Waals surface area contributed by atoms with Crippen molar-refractivity contribution in [3.05, 3.63) is 29.3 Å². The van der Waals surface area contributed by atoms with Crippen LogP contribution in [0.15, 0.2) is 18.2 Å². The van der Waals surface area contributed by atoms with Gasteiger partial charge >= 0.3 is 0 Å². The summed E-state index contributed by atoms with van der Waals surface area (Å²) in [6.45, 7) is 3.57. The molecule has 0 fully saturated rings. The van der Waals surface area contributed by atoms with Gasteiger partial charge in [-0.3, -0.25) is 14.4 Å². The van der Waals surface area contributed by atoms with Gasteiger partial charge < -0.3 is 11.1 Å². The van der Waals surface area contributed by atoms with E-state index in [1.165, 1.54) is 0 Å². The van der Waals surface area contributed by atoms with E-state index < -0.39 is 0 Å². The van der Waals surface area contributed by atoms with E-state index in [-0.39, 0.29) is 29.4 Å². The summed E-state index contributed by atoms with van der Waals surface area (Å²) in [5.74, 6) is -0.783. The second-order valence-corrected chi connectivity index (χ2v) is 5.74. The molecule has 0 bridgehead atoms. The van der Waals surface area contributed by atoms with E-state index in [0.717, 1.165) is 5.56 Å². The Morgan fingerprint density at radius 2 is 1.90 bits per heavy atom. The van der Waals surface area contributed by atoms with Gasteiger partial charge in [0.25, 0.3) is 0 Å². The molecule has 1 aromatic carbocycles. The normalized spacial score (nSPS) is 15.6. The Bertz CT molecular complexity index is 595. The molecule has 5 heteroatoms. The maximum atomic E-state index is 12.1. The monoisotopic (exact) mass is 288 g/mol. The standard InChI is InChI=1S/C16H20N2O3/c1-9(15(17)20)3-4-10(2)16(21)18-12-6-5-11-7-14(19)13(11)8-12/h5-6,8-10H,3-4,7H2,1-2H3,(H2,17,20)(H,18,21). The van der Waals surface area contributed by atoms with Gasteiger partial charge in [-0.05, 0) is 30.5 Å². The van der Waals surface area contributed by atoms with Gasteiger partial charge in [-0.15, -0.1) is 0 Å². The lowest BCUT2D eigenvalue weighted by Crippen LogP contribution is -2.25. The lowest BCUT2D eigenvalue weighted by Gasteiger charge is -2.19. The third kappa shape index (κ3) is 3.48. The first-order valence-corrected chi connectivity index (χ1v) is 7.14. The van der Waals surface area contributed by atoms with E-state index in [1.807, 2.05) is 19.1 Å². The Morgan fingerprint density at radius 3 is 2.52 bits per heavy atom. The number of carbonyl (C=O) groups excluding carboxylic acids is 3. The minimum atomic E-state index is -0.344. The first-order chi connectivity index (χ1) is 9.88. The highest BCUT2D eigenvalue weighted by Gasteiger charge is 2.23. The molecule has 0 saturated carbocycles. The zero-order chi connectivity index (χ0) is 15.6. The van der Waals surface area contributed by atoms with Crippen molar-refractivity contribution in [2.24, 2.45) is 17.6 Å². The Labute approximate surface area is 123 Å². The summed E-state index contributed by atoms with van der Waals surface area (Å²) in [6, 6.07) is 5.39. The summed E-state index contributed by atoms with van der Waals surface area (Å²) in [5.41, 5.74) is 7.57. The van der Waals surface area contributed by atoms with Crippen LogP contribution < -0.4 is 11.1 Å². The number of fused-ring (bicyclic) bond motifs is 1. The molecule has 21 heavy (non-hydrogen) atoms. The van der Waals surface area contributed by atoms with Crippen LogP contribution in [-0.4, -0.2) is 17.6 Å². The average molecular weight is 288 g/mol. The van der Waals surface area contributed by atoms with E-state index in [0.29, 0.717) is 30.5 Å². The van der Waals surface area contributed by atoms with Crippen LogP contribution in [0.2, 0.25) is 0 Å². The van der Waals surface area contributed by atoms with Gasteiger partial charge in [0.2, 0.25) is 11.8 Å². The number of nitrogens with two attached hydrogens (primary N) is 1. The van der Waals surface area contributed by atoms with Crippen molar-refractivity contribution in [2.75, 3.05) is 5.32 Å². The molecule has 2 atom stereocenters. The molecule has 0 spiro atoms. The molecule has 2 rings (SSSR count). The molecule has 112 valence electrons. The molecule has 3 N–H and O–H groups in total. The fourth-order valence-corrected chi connectivity index (χ4v) is 2.27. The minimum Gasteiger partial charge on any atom is -0.369 e. The number of ketones is 1. The summed E-state index contributed by atoms with van der Waals surface area (Å²) in [7, 11) is 0. The molecule has 1 aromatic rings. The highest BCUT2D eigenvalue weighted by atomic mass is 16.2. The zero-order valence-corrected chi connectivity index (χ0v) is 12.3. The number of carbonyl (C=O) groups is 3. The zero-order valence-electron chi connectivity index (χ0n) is 12.3. The molecule has 1 aliphatic carbocycles. The van der Waals surface area contributed by atoms with Crippen molar-refractivity contribution in [3.8, 4) is 0 Å². The van der Waals surface area contributed by atoms with Crippen LogP contribution in [0, 0.1) is 11.8 Å². The van der Waals surface area contributed by atoms with E-state index in [4.69, 9.17) is 5.73 Å². The molecule has 0 heterocycles. The summed E-state index contributed by atoms with van der Waals surface area (Å²) in [6.07, 6.45) is 1.68. The second kappa shape index (κ2) is 6.08. The van der Waals surface area contributed by atoms with Crippen LogP contribution in [0.1, 0.15) is 42.6 Å². The molecule has 0 aliphatic heterocycles. The molecule has 1 aliphatic rings. The number of nitrogens with one attached hydrogen (secondary N) is 1. The molecular formula is C16H20N2O3. The van der Waals surface area contributed by atoms with E-state index in [2.05, 4.69) is 5.32 Å². The number of primary amides is 1. The number of benzene rings is 1. The van der Waals surface area contributed by atoms with Gasteiger partial charge in [0.05, 0.1) is 0 Å². The van der Waals surface area contributed by atoms with Gasteiger partial charge in [0.15, 0.2) is 5.78 Å². The molecule has 0 radical (unpaired) electrons. The topological polar surface area (TPSA) is 89.3 Å². The summed E-state index contributed by atoms with van der Waals surface area (Å²) in [4.78, 5) is 34.4. The third-order valence-corrected chi connectivity index (χ3v) is 3.99. The summed E-state index contributed by atoms with van der Waals surface area (Å²) < 4.78 is 0. The average Bonchev–Trinajstić information content (AvgIpc) is 2.44. The van der Waals surface area contributed by atoms with Crippen LogP contribution in [0.25, 0.3) is 0 Å². The minimum absolute atomic E-state index is 0.113. The Hall–Kier alpha value is -2.17. The lowest BCUT2D eigenvalue weighted by molar-refractivity contribution is -0.123. The van der Waals surface area contributed by atoms with Gasteiger partial charge in [0.1, 0.15) is 0 Å². The van der Waals surface area contributed by atoms with Crippen molar-refractivity contribution in [3.63, 3.8) is 0 Å². The van der Waals surface area contributed by atoms with Crippen LogP contribution in [0.3, 0.4) is 0 Å². The molecule has 2 unspecified atom stereocenters. The van der Waals surface area contributed by atoms with Crippen LogP contribution in [0.5, 0.6) is 0 Å². The second-order valence-electron chi connectivity index (χ2n) is 5.74. The number of hydrogen-bond donors (Lipinski definition) is 2. The highest BCUT2D eigenvalue weighted by Crippen LogP contribution is 2.26. The lowest BCUT2D eigenvalue weighted by atomic mass is 9.87. The molecular weight excluding hydrogens is 268 g/mol. The van der Waals surface area contributed by atoms with Crippen LogP contribution >= 0.6 is 0 Å². The SMILES string of the molecule is CC(CCC(C)C(=O)Nc1ccc2c(c1)C(=O)C2)C(N)=O. The number of amides is 2. The van der Waals surface area contributed by atoms with E-state index in [1.54, 1.807) is 13.0 Å². The van der Waals surface area contributed by atoms with Crippen molar-refractivity contribution in [1.82, 2.24) is 0 Å². The molecule has 0 aromatic heterocycles.